The van der Waals surface area contributed by atoms with Crippen LogP contribution in [-0.4, -0.2) is 33.2 Å². The summed E-state index contributed by atoms with van der Waals surface area (Å²) in [7, 11) is -3.87. The van der Waals surface area contributed by atoms with E-state index in [-0.39, 0.29) is 35.8 Å². The smallest absolute Gasteiger partial charge is 0.356 e. The SMILES string of the molecule is CC(=O)c1cccc(S(=O)(=O)NCCC(=O)NCCc2ccc(C(F)(F)F)cc2)c1. The van der Waals surface area contributed by atoms with Crippen LogP contribution in [0.2, 0.25) is 0 Å². The van der Waals surface area contributed by atoms with Crippen LogP contribution >= 0.6 is 0 Å². The quantitative estimate of drug-likeness (QED) is 0.584. The van der Waals surface area contributed by atoms with Crippen LogP contribution in [0.1, 0.15) is 34.8 Å². The molecule has 0 heterocycles. The number of nitrogens with one attached hydrogen (secondary N) is 2. The normalized spacial score (nSPS) is 11.9. The molecule has 0 saturated carbocycles. The zero-order chi connectivity index (χ0) is 22.4. The monoisotopic (exact) mass is 442 g/mol. The van der Waals surface area contributed by atoms with Gasteiger partial charge in [0, 0.05) is 25.1 Å². The van der Waals surface area contributed by atoms with Gasteiger partial charge in [0.25, 0.3) is 0 Å². The van der Waals surface area contributed by atoms with E-state index in [0.717, 1.165) is 12.1 Å². The maximum Gasteiger partial charge on any atom is 0.416 e. The molecule has 0 aliphatic rings. The highest BCUT2D eigenvalue weighted by molar-refractivity contribution is 7.89. The molecule has 0 bridgehead atoms. The number of alkyl halides is 3. The van der Waals surface area contributed by atoms with Gasteiger partial charge >= 0.3 is 6.18 Å². The van der Waals surface area contributed by atoms with Crippen molar-refractivity contribution in [3.05, 3.63) is 65.2 Å². The lowest BCUT2D eigenvalue weighted by molar-refractivity contribution is -0.137. The van der Waals surface area contributed by atoms with Gasteiger partial charge in [0.05, 0.1) is 10.5 Å². The van der Waals surface area contributed by atoms with Crippen LogP contribution in [0, 0.1) is 0 Å². The lowest BCUT2D eigenvalue weighted by Crippen LogP contribution is -2.31. The average Bonchev–Trinajstić information content (AvgIpc) is 2.67. The van der Waals surface area contributed by atoms with Crippen molar-refractivity contribution in [2.24, 2.45) is 0 Å². The van der Waals surface area contributed by atoms with E-state index in [1.165, 1.54) is 43.3 Å². The highest BCUT2D eigenvalue weighted by atomic mass is 32.2. The zero-order valence-corrected chi connectivity index (χ0v) is 16.9. The number of carbonyl (C=O) groups excluding carboxylic acids is 2. The standard InChI is InChI=1S/C20H21F3N2O4S/c1-14(26)16-3-2-4-18(13-16)30(28,29)25-12-10-19(27)24-11-9-15-5-7-17(8-6-15)20(21,22)23/h2-8,13,25H,9-12H2,1H3,(H,24,27). The Hall–Kier alpha value is -2.72. The molecule has 0 aliphatic heterocycles. The first-order valence-corrected chi connectivity index (χ1v) is 10.5. The Morgan fingerprint density at radius 2 is 1.67 bits per heavy atom. The summed E-state index contributed by atoms with van der Waals surface area (Å²) in [5, 5.41) is 2.59. The Morgan fingerprint density at radius 3 is 2.27 bits per heavy atom. The summed E-state index contributed by atoms with van der Waals surface area (Å²) >= 11 is 0. The molecule has 0 fully saturated rings. The fourth-order valence-electron chi connectivity index (χ4n) is 2.56. The van der Waals surface area contributed by atoms with E-state index in [9.17, 15) is 31.2 Å². The molecule has 30 heavy (non-hydrogen) atoms. The van der Waals surface area contributed by atoms with Crippen molar-refractivity contribution in [1.82, 2.24) is 10.0 Å². The van der Waals surface area contributed by atoms with Gasteiger partial charge < -0.3 is 5.32 Å². The molecule has 10 heteroatoms. The second kappa shape index (κ2) is 9.86. The summed E-state index contributed by atoms with van der Waals surface area (Å²) in [6, 6.07) is 10.2. The average molecular weight is 442 g/mol. The number of benzene rings is 2. The second-order valence-corrected chi connectivity index (χ2v) is 8.29. The molecule has 2 rings (SSSR count). The number of hydrogen-bond donors (Lipinski definition) is 2. The van der Waals surface area contributed by atoms with Gasteiger partial charge in [-0.3, -0.25) is 9.59 Å². The van der Waals surface area contributed by atoms with E-state index in [4.69, 9.17) is 0 Å². The maximum absolute atomic E-state index is 12.5. The Bertz CT molecular complexity index is 1000. The van der Waals surface area contributed by atoms with Crippen molar-refractivity contribution in [3.63, 3.8) is 0 Å². The van der Waals surface area contributed by atoms with Gasteiger partial charge in [0.1, 0.15) is 0 Å². The third-order valence-corrected chi connectivity index (χ3v) is 5.67. The van der Waals surface area contributed by atoms with E-state index in [1.54, 1.807) is 0 Å². The Morgan fingerprint density at radius 1 is 1.00 bits per heavy atom. The predicted octanol–water partition coefficient (Wildman–Crippen LogP) is 2.94. The van der Waals surface area contributed by atoms with E-state index in [0.29, 0.717) is 12.0 Å². The predicted molar refractivity (Wildman–Crippen MR) is 104 cm³/mol. The van der Waals surface area contributed by atoms with Gasteiger partial charge in [-0.2, -0.15) is 13.2 Å². The first-order valence-electron chi connectivity index (χ1n) is 9.02. The third-order valence-electron chi connectivity index (χ3n) is 4.21. The Kier molecular flexibility index (Phi) is 7.74. The van der Waals surface area contributed by atoms with Gasteiger partial charge in [-0.1, -0.05) is 24.3 Å². The van der Waals surface area contributed by atoms with Crippen LogP contribution < -0.4 is 10.0 Å². The van der Waals surface area contributed by atoms with Crippen molar-refractivity contribution in [1.29, 1.82) is 0 Å². The summed E-state index contributed by atoms with van der Waals surface area (Å²) in [6.07, 6.45) is -4.17. The second-order valence-electron chi connectivity index (χ2n) is 6.53. The topological polar surface area (TPSA) is 92.3 Å². The number of Topliss-reactive ketones (excluding diaryl/α,β-unsaturated/α-hetero) is 1. The minimum Gasteiger partial charge on any atom is -0.356 e. The molecule has 0 aromatic heterocycles. The molecule has 0 aliphatic carbocycles. The number of hydrogen-bond acceptors (Lipinski definition) is 4. The van der Waals surface area contributed by atoms with Gasteiger partial charge in [-0.15, -0.1) is 0 Å². The number of carbonyl (C=O) groups is 2. The van der Waals surface area contributed by atoms with Crippen LogP contribution in [-0.2, 0) is 27.4 Å². The molecule has 0 radical (unpaired) electrons. The van der Waals surface area contributed by atoms with Gasteiger partial charge in [-0.25, -0.2) is 13.1 Å². The molecule has 162 valence electrons. The van der Waals surface area contributed by atoms with Crippen molar-refractivity contribution >= 4 is 21.7 Å². The molecular weight excluding hydrogens is 421 g/mol. The van der Waals surface area contributed by atoms with Crippen LogP contribution in [0.15, 0.2) is 53.4 Å². The van der Waals surface area contributed by atoms with Gasteiger partial charge in [0.15, 0.2) is 5.78 Å². The summed E-state index contributed by atoms with van der Waals surface area (Å²) in [4.78, 5) is 23.1. The van der Waals surface area contributed by atoms with Crippen molar-refractivity contribution < 1.29 is 31.2 Å². The molecule has 0 atom stereocenters. The number of rotatable bonds is 9. The van der Waals surface area contributed by atoms with Crippen molar-refractivity contribution in [3.8, 4) is 0 Å². The lowest BCUT2D eigenvalue weighted by atomic mass is 10.1. The lowest BCUT2D eigenvalue weighted by Gasteiger charge is -2.09. The first kappa shape index (κ1) is 23.6. The van der Waals surface area contributed by atoms with E-state index < -0.39 is 27.7 Å². The summed E-state index contributed by atoms with van der Waals surface area (Å²) in [6.45, 7) is 1.39. The molecule has 2 aromatic carbocycles. The van der Waals surface area contributed by atoms with Gasteiger partial charge in [0.2, 0.25) is 15.9 Å². The molecular formula is C20H21F3N2O4S. The number of ketones is 1. The van der Waals surface area contributed by atoms with Crippen LogP contribution in [0.4, 0.5) is 13.2 Å². The van der Waals surface area contributed by atoms with Crippen molar-refractivity contribution in [2.75, 3.05) is 13.1 Å². The molecule has 0 unspecified atom stereocenters. The molecule has 6 nitrogen and oxygen atoms in total. The van der Waals surface area contributed by atoms with Gasteiger partial charge in [-0.05, 0) is 43.2 Å². The van der Waals surface area contributed by atoms with E-state index >= 15 is 0 Å². The Labute approximate surface area is 172 Å². The number of amides is 1. The first-order chi connectivity index (χ1) is 14.0. The fraction of sp³-hybridized carbons (Fsp3) is 0.300. The van der Waals surface area contributed by atoms with Crippen LogP contribution in [0.25, 0.3) is 0 Å². The minimum absolute atomic E-state index is 0.0714. The fourth-order valence-corrected chi connectivity index (χ4v) is 3.64. The highest BCUT2D eigenvalue weighted by Crippen LogP contribution is 2.29. The third kappa shape index (κ3) is 6.96. The summed E-state index contributed by atoms with van der Waals surface area (Å²) in [5.41, 5.74) is 0.157. The van der Waals surface area contributed by atoms with Crippen molar-refractivity contribution in [2.45, 2.75) is 30.8 Å². The Balaban J connectivity index is 1.77. The molecule has 2 aromatic rings. The maximum atomic E-state index is 12.5. The highest BCUT2D eigenvalue weighted by Gasteiger charge is 2.29. The molecule has 0 spiro atoms. The summed E-state index contributed by atoms with van der Waals surface area (Å²) < 4.78 is 64.4. The van der Waals surface area contributed by atoms with E-state index in [1.807, 2.05) is 0 Å². The zero-order valence-electron chi connectivity index (χ0n) is 16.1. The molecule has 0 saturated heterocycles. The largest absolute Gasteiger partial charge is 0.416 e. The van der Waals surface area contributed by atoms with Crippen LogP contribution in [0.3, 0.4) is 0 Å². The van der Waals surface area contributed by atoms with E-state index in [2.05, 4.69) is 10.0 Å². The summed E-state index contributed by atoms with van der Waals surface area (Å²) in [5.74, 6) is -0.665. The molecule has 2 N–H and O–H groups in total. The number of halogens is 3. The molecule has 1 amide bonds. The van der Waals surface area contributed by atoms with Crippen LogP contribution in [0.5, 0.6) is 0 Å². The minimum atomic E-state index is -4.40. The number of sulfonamides is 1.